The summed E-state index contributed by atoms with van der Waals surface area (Å²) < 4.78 is 39.9. The van der Waals surface area contributed by atoms with Crippen LogP contribution in [0.15, 0.2) is 115 Å². The van der Waals surface area contributed by atoms with Gasteiger partial charge in [-0.25, -0.2) is 0 Å². The van der Waals surface area contributed by atoms with E-state index < -0.39 is 17.2 Å². The molecule has 1 aromatic heterocycles. The van der Waals surface area contributed by atoms with E-state index in [1.807, 2.05) is 84.9 Å². The Balaban J connectivity index is 1.49. The van der Waals surface area contributed by atoms with Crippen LogP contribution in [0.1, 0.15) is 111 Å². The topological polar surface area (TPSA) is 68.3 Å². The number of hydrogen-bond donors (Lipinski definition) is 0. The summed E-state index contributed by atoms with van der Waals surface area (Å²) >= 11 is 0. The summed E-state index contributed by atoms with van der Waals surface area (Å²) in [6, 6.07) is 35.7. The molecule has 0 bridgehead atoms. The number of hydrogen-bond acceptors (Lipinski definition) is 7. The lowest BCUT2D eigenvalue weighted by Gasteiger charge is -2.27. The average molecular weight is 782 g/mol. The van der Waals surface area contributed by atoms with Crippen molar-refractivity contribution in [3.05, 3.63) is 143 Å². The first-order chi connectivity index (χ1) is 25.8. The second-order valence-corrected chi connectivity index (χ2v) is 19.7. The minimum Gasteiger partial charge on any atom is -0.417 e. The second kappa shape index (κ2) is 17.3. The Morgan fingerprint density at radius 2 is 0.673 bits per heavy atom. The maximum Gasteiger partial charge on any atom is 0.530 e. The van der Waals surface area contributed by atoms with Crippen molar-refractivity contribution in [3.63, 3.8) is 0 Å². The van der Waals surface area contributed by atoms with E-state index in [1.165, 1.54) is 0 Å². The first-order valence-corrected chi connectivity index (χ1v) is 20.9. The normalized spacial score (nSPS) is 12.5. The molecule has 5 rings (SSSR count). The molecule has 5 aromatic rings. The number of pyridine rings is 1. The van der Waals surface area contributed by atoms with Crippen LogP contribution >= 0.6 is 17.2 Å². The number of aromatic nitrogens is 1. The molecule has 0 unspecified atom stereocenters. The van der Waals surface area contributed by atoms with Crippen molar-refractivity contribution in [2.24, 2.45) is 0 Å². The molecule has 0 aliphatic carbocycles. The van der Waals surface area contributed by atoms with Crippen molar-refractivity contribution in [1.82, 2.24) is 4.98 Å². The Morgan fingerprint density at radius 3 is 1.02 bits per heavy atom. The monoisotopic (exact) mass is 781 g/mol. The molecule has 0 N–H and O–H groups in total. The summed E-state index contributed by atoms with van der Waals surface area (Å²) in [5.41, 5.74) is 4.03. The maximum absolute atomic E-state index is 6.69. The largest absolute Gasteiger partial charge is 0.530 e. The van der Waals surface area contributed by atoms with Crippen LogP contribution in [0.2, 0.25) is 0 Å². The van der Waals surface area contributed by atoms with Crippen LogP contribution in [-0.2, 0) is 32.8 Å². The van der Waals surface area contributed by atoms with E-state index in [0.29, 0.717) is 34.4 Å². The quantitative estimate of drug-likeness (QED) is 0.110. The van der Waals surface area contributed by atoms with Gasteiger partial charge < -0.3 is 22.6 Å². The highest BCUT2D eigenvalue weighted by atomic mass is 31.2. The summed E-state index contributed by atoms with van der Waals surface area (Å²) in [5.74, 6) is 3.25. The Labute approximate surface area is 331 Å². The molecule has 0 aliphatic heterocycles. The molecule has 0 saturated heterocycles. The van der Waals surface area contributed by atoms with Gasteiger partial charge in [-0.05, 0) is 58.1 Å². The Bertz CT molecular complexity index is 1900. The van der Waals surface area contributed by atoms with Crippen molar-refractivity contribution in [1.29, 1.82) is 0 Å². The van der Waals surface area contributed by atoms with Crippen LogP contribution < -0.4 is 22.6 Å². The van der Waals surface area contributed by atoms with Crippen LogP contribution in [0, 0.1) is 0 Å². The van der Waals surface area contributed by atoms with E-state index in [2.05, 4.69) is 107 Å². The van der Waals surface area contributed by atoms with Gasteiger partial charge in [0.25, 0.3) is 0 Å². The third kappa shape index (κ3) is 11.4. The highest BCUT2D eigenvalue weighted by molar-refractivity contribution is 7.43. The molecule has 0 amide bonds. The first-order valence-electron chi connectivity index (χ1n) is 18.8. The highest BCUT2D eigenvalue weighted by Gasteiger charge is 2.31. The summed E-state index contributed by atoms with van der Waals surface area (Å²) in [7, 11) is -3.99. The lowest BCUT2D eigenvalue weighted by atomic mass is 9.86. The van der Waals surface area contributed by atoms with Gasteiger partial charge in [0.1, 0.15) is 35.3 Å². The molecule has 0 fully saturated rings. The zero-order valence-corrected chi connectivity index (χ0v) is 36.3. The van der Waals surface area contributed by atoms with Crippen LogP contribution in [0.3, 0.4) is 0 Å². The molecule has 0 radical (unpaired) electrons. The smallest absolute Gasteiger partial charge is 0.417 e. The van der Waals surface area contributed by atoms with E-state index >= 15 is 0 Å². The minimum atomic E-state index is -2.03. The Morgan fingerprint density at radius 1 is 0.382 bits per heavy atom. The predicted molar refractivity (Wildman–Crippen MR) is 227 cm³/mol. The second-order valence-electron chi connectivity index (χ2n) is 17.6. The van der Waals surface area contributed by atoms with E-state index in [1.54, 1.807) is 6.20 Å². The molecule has 4 aromatic carbocycles. The van der Waals surface area contributed by atoms with E-state index in [0.717, 1.165) is 22.3 Å². The minimum absolute atomic E-state index is 0.0393. The Kier molecular flexibility index (Phi) is 13.2. The van der Waals surface area contributed by atoms with Gasteiger partial charge in [-0.2, -0.15) is 0 Å². The fourth-order valence-electron chi connectivity index (χ4n) is 5.92. The van der Waals surface area contributed by atoms with Crippen LogP contribution in [-0.4, -0.2) is 4.98 Å². The molecule has 7 nitrogen and oxygen atoms in total. The number of nitrogens with zero attached hydrogens (tertiary/aromatic N) is 1. The van der Waals surface area contributed by atoms with Crippen molar-refractivity contribution < 1.29 is 27.1 Å². The van der Waals surface area contributed by atoms with Crippen molar-refractivity contribution in [2.75, 3.05) is 0 Å². The number of rotatable bonds is 13. The maximum atomic E-state index is 6.69. The van der Waals surface area contributed by atoms with Crippen molar-refractivity contribution >= 4 is 17.2 Å². The van der Waals surface area contributed by atoms with Gasteiger partial charge >= 0.3 is 17.2 Å². The van der Waals surface area contributed by atoms with Gasteiger partial charge in [0, 0.05) is 28.5 Å². The van der Waals surface area contributed by atoms with Crippen molar-refractivity contribution in [3.8, 4) is 28.7 Å². The summed E-state index contributed by atoms with van der Waals surface area (Å²) in [6.07, 6.45) is 1.72. The fourth-order valence-corrected chi connectivity index (χ4v) is 8.01. The Hall–Kier alpha value is -4.15. The average Bonchev–Trinajstić information content (AvgIpc) is 3.10. The number of para-hydroxylation sites is 4. The van der Waals surface area contributed by atoms with Gasteiger partial charge in [0.2, 0.25) is 0 Å². The van der Waals surface area contributed by atoms with E-state index in [4.69, 9.17) is 32.1 Å². The van der Waals surface area contributed by atoms with Crippen LogP contribution in [0.4, 0.5) is 0 Å². The fraction of sp³-hybridized carbons (Fsp3) is 0.370. The van der Waals surface area contributed by atoms with Gasteiger partial charge in [-0.1, -0.05) is 156 Å². The third-order valence-corrected chi connectivity index (χ3v) is 10.9. The SMILES string of the molecule is CC(C)(C)c1ccccc1OP(OCc1ncccc1OP(Oc1ccccc1C(C)(C)C)Oc1ccccc1C(C)(C)C)Oc1ccccc1C(C)(C)C. The van der Waals surface area contributed by atoms with Crippen molar-refractivity contribution in [2.45, 2.75) is 111 Å². The van der Waals surface area contributed by atoms with E-state index in [9.17, 15) is 0 Å². The van der Waals surface area contributed by atoms with E-state index in [-0.39, 0.29) is 28.3 Å². The zero-order chi connectivity index (χ0) is 40.0. The molecular weight excluding hydrogens is 724 g/mol. The van der Waals surface area contributed by atoms with Gasteiger partial charge in [-0.3, -0.25) is 9.51 Å². The zero-order valence-electron chi connectivity index (χ0n) is 34.5. The summed E-state index contributed by atoms with van der Waals surface area (Å²) in [6.45, 7) is 26.0. The molecule has 0 spiro atoms. The first kappa shape index (κ1) is 42.0. The standard InChI is InChI=1S/C46H57NO6P2/c1-43(2,3)33-22-13-17-26-38(33)49-54(50-39-27-18-14-23-34(39)44(4,5)6)48-32-37-42(30-21-31-47-37)53-55(51-40-28-19-15-24-35(40)45(7,8)9)52-41-29-20-16-25-36(41)46(10,11)12/h13-31H,32H2,1-12H3. The lowest BCUT2D eigenvalue weighted by Crippen LogP contribution is -2.15. The molecule has 0 aliphatic rings. The van der Waals surface area contributed by atoms with Crippen LogP contribution in [0.25, 0.3) is 0 Å². The molecule has 55 heavy (non-hydrogen) atoms. The molecule has 9 heteroatoms. The molecule has 1 heterocycles. The molecule has 0 saturated carbocycles. The van der Waals surface area contributed by atoms with Gasteiger partial charge in [-0.15, -0.1) is 0 Å². The number of benzene rings is 4. The molecular formula is C46H57NO6P2. The molecule has 0 atom stereocenters. The third-order valence-electron chi connectivity index (χ3n) is 8.80. The van der Waals surface area contributed by atoms with Gasteiger partial charge in [0.05, 0.1) is 0 Å². The van der Waals surface area contributed by atoms with Gasteiger partial charge in [0.15, 0.2) is 5.75 Å². The molecule has 292 valence electrons. The highest BCUT2D eigenvalue weighted by Crippen LogP contribution is 2.50. The lowest BCUT2D eigenvalue weighted by molar-refractivity contribution is 0.248. The summed E-state index contributed by atoms with van der Waals surface area (Å²) in [5, 5.41) is 0. The van der Waals surface area contributed by atoms with Crippen LogP contribution in [0.5, 0.6) is 28.7 Å². The summed E-state index contributed by atoms with van der Waals surface area (Å²) in [4.78, 5) is 4.71. The predicted octanol–water partition coefficient (Wildman–Crippen LogP) is 13.9.